The molecule has 8 heteroatoms. The molecule has 0 amide bonds. The van der Waals surface area contributed by atoms with Crippen LogP contribution < -0.4 is 56.7 Å². The van der Waals surface area contributed by atoms with Gasteiger partial charge in [0.25, 0.3) is 10.1 Å². The Kier molecular flexibility index (Phi) is 13.9. The molecule has 0 unspecified atom stereocenters. The number of hydrogen-bond donors (Lipinski definition) is 2. The fourth-order valence-corrected chi connectivity index (χ4v) is 1.77. The second kappa shape index (κ2) is 10.9. The molecule has 0 aliphatic carbocycles. The first-order valence-electron chi connectivity index (χ1n) is 4.22. The Hall–Kier alpha value is 1.79. The Morgan fingerprint density at radius 3 is 2.53 bits per heavy atom. The van der Waals surface area contributed by atoms with Crippen LogP contribution in [0.4, 0.5) is 0 Å². The van der Waals surface area contributed by atoms with Crippen LogP contribution in [-0.4, -0.2) is 35.8 Å². The second-order valence-corrected chi connectivity index (χ2v) is 5.82. The first kappa shape index (κ1) is 19.1. The standard InChI is InChI=1S/C7H15NO3S3.K.H/c1-13-7(12)8-5-3-2-4-6-14(9,10)11;;/h2-6H2,1H3,(H,8,12)(H,9,10,11);;/q;+1;-1. The van der Waals surface area contributed by atoms with Crippen molar-refractivity contribution in [3.8, 4) is 0 Å². The van der Waals surface area contributed by atoms with Crippen LogP contribution in [0.15, 0.2) is 0 Å². The van der Waals surface area contributed by atoms with Crippen molar-refractivity contribution in [2.24, 2.45) is 0 Å². The monoisotopic (exact) mass is 297 g/mol. The number of unbranched alkanes of at least 4 members (excludes halogenated alkanes) is 2. The molecule has 0 aromatic rings. The molecule has 0 saturated heterocycles. The summed E-state index contributed by atoms with van der Waals surface area (Å²) in [6, 6.07) is 0. The van der Waals surface area contributed by atoms with Crippen LogP contribution in [-0.2, 0) is 10.1 Å². The Morgan fingerprint density at radius 2 is 2.07 bits per heavy atom. The quantitative estimate of drug-likeness (QED) is 0.266. The van der Waals surface area contributed by atoms with Crippen molar-refractivity contribution in [2.45, 2.75) is 19.3 Å². The molecule has 0 rings (SSSR count). The summed E-state index contributed by atoms with van der Waals surface area (Å²) in [6.07, 6.45) is 4.01. The zero-order valence-electron chi connectivity index (χ0n) is 10.0. The fourth-order valence-electron chi connectivity index (χ4n) is 0.849. The van der Waals surface area contributed by atoms with E-state index in [-0.39, 0.29) is 58.6 Å². The van der Waals surface area contributed by atoms with E-state index in [1.165, 1.54) is 11.8 Å². The molecule has 4 nitrogen and oxygen atoms in total. The van der Waals surface area contributed by atoms with Crippen LogP contribution in [0.5, 0.6) is 0 Å². The predicted molar refractivity (Wildman–Crippen MR) is 65.5 cm³/mol. The van der Waals surface area contributed by atoms with Gasteiger partial charge in [-0.2, -0.15) is 8.42 Å². The van der Waals surface area contributed by atoms with Crippen LogP contribution >= 0.6 is 24.0 Å². The smallest absolute Gasteiger partial charge is 1.00 e. The Labute approximate surface area is 145 Å². The van der Waals surface area contributed by atoms with Gasteiger partial charge in [0.15, 0.2) is 0 Å². The van der Waals surface area contributed by atoms with E-state index in [2.05, 4.69) is 5.32 Å². The zero-order valence-corrected chi connectivity index (χ0v) is 14.6. The van der Waals surface area contributed by atoms with Crippen LogP contribution in [0.2, 0.25) is 0 Å². The summed E-state index contributed by atoms with van der Waals surface area (Å²) in [5, 5.41) is 3.01. The van der Waals surface area contributed by atoms with Gasteiger partial charge in [0.05, 0.1) is 5.75 Å². The van der Waals surface area contributed by atoms with Crippen molar-refractivity contribution in [3.05, 3.63) is 0 Å². The van der Waals surface area contributed by atoms with E-state index in [0.717, 1.165) is 23.7 Å². The van der Waals surface area contributed by atoms with Crippen molar-refractivity contribution >= 4 is 38.4 Å². The summed E-state index contributed by atoms with van der Waals surface area (Å²) in [5.74, 6) is -0.153. The minimum atomic E-state index is -3.78. The number of thioether (sulfide) groups is 1. The minimum Gasteiger partial charge on any atom is -1.00 e. The Bertz CT molecular complexity index is 274. The number of thiocarbonyl (C=S) groups is 1. The van der Waals surface area contributed by atoms with Crippen molar-refractivity contribution in [3.63, 3.8) is 0 Å². The molecule has 0 heterocycles. The zero-order chi connectivity index (χ0) is 11.0. The number of nitrogens with one attached hydrogen (secondary N) is 1. The third-order valence-electron chi connectivity index (χ3n) is 1.53. The predicted octanol–water partition coefficient (Wildman–Crippen LogP) is -1.60. The first-order valence-corrected chi connectivity index (χ1v) is 7.47. The summed E-state index contributed by atoms with van der Waals surface area (Å²) < 4.78 is 29.9. The van der Waals surface area contributed by atoms with E-state index < -0.39 is 10.1 Å². The molecule has 2 N–H and O–H groups in total. The molecular weight excluding hydrogens is 281 g/mol. The van der Waals surface area contributed by atoms with Gasteiger partial charge in [0, 0.05) is 6.54 Å². The van der Waals surface area contributed by atoms with E-state index in [9.17, 15) is 8.42 Å². The third kappa shape index (κ3) is 15.8. The molecule has 0 aliphatic heterocycles. The molecule has 86 valence electrons. The largest absolute Gasteiger partial charge is 1.00 e. The van der Waals surface area contributed by atoms with Crippen molar-refractivity contribution in [2.75, 3.05) is 18.6 Å². The maximum Gasteiger partial charge on any atom is 1.00 e. The molecule has 0 aromatic carbocycles. The molecule has 0 aliphatic rings. The van der Waals surface area contributed by atoms with Gasteiger partial charge in [-0.3, -0.25) is 4.55 Å². The minimum absolute atomic E-state index is 0. The maximum absolute atomic E-state index is 10.3. The summed E-state index contributed by atoms with van der Waals surface area (Å²) in [4.78, 5) is 0. The van der Waals surface area contributed by atoms with E-state index in [1.54, 1.807) is 0 Å². The molecule has 15 heavy (non-hydrogen) atoms. The van der Waals surface area contributed by atoms with Gasteiger partial charge in [-0.1, -0.05) is 18.6 Å². The van der Waals surface area contributed by atoms with Crippen molar-refractivity contribution < 1.29 is 65.8 Å². The number of hydrogen-bond acceptors (Lipinski definition) is 4. The first-order chi connectivity index (χ1) is 6.45. The normalized spacial score (nSPS) is 10.5. The molecule has 0 bridgehead atoms. The summed E-state index contributed by atoms with van der Waals surface area (Å²) >= 11 is 6.39. The summed E-state index contributed by atoms with van der Waals surface area (Å²) in [5.41, 5.74) is 0. The third-order valence-corrected chi connectivity index (χ3v) is 3.50. The van der Waals surface area contributed by atoms with E-state index in [0.29, 0.717) is 6.42 Å². The summed E-state index contributed by atoms with van der Waals surface area (Å²) in [6.45, 7) is 0.755. The van der Waals surface area contributed by atoms with E-state index in [4.69, 9.17) is 16.8 Å². The van der Waals surface area contributed by atoms with Crippen molar-refractivity contribution in [1.29, 1.82) is 0 Å². The molecule has 0 radical (unpaired) electrons. The van der Waals surface area contributed by atoms with Gasteiger partial charge in [-0.05, 0) is 19.1 Å². The van der Waals surface area contributed by atoms with Gasteiger partial charge < -0.3 is 6.74 Å². The summed E-state index contributed by atoms with van der Waals surface area (Å²) in [7, 11) is -3.78. The Morgan fingerprint density at radius 1 is 1.47 bits per heavy atom. The number of rotatable bonds is 6. The van der Waals surface area contributed by atoms with Crippen LogP contribution in [0, 0.1) is 0 Å². The van der Waals surface area contributed by atoms with E-state index in [1.807, 2.05) is 6.26 Å². The van der Waals surface area contributed by atoms with Crippen LogP contribution in [0.3, 0.4) is 0 Å². The van der Waals surface area contributed by atoms with Crippen LogP contribution in [0.1, 0.15) is 20.7 Å². The molecule has 0 saturated carbocycles. The van der Waals surface area contributed by atoms with Gasteiger partial charge in [-0.15, -0.1) is 11.8 Å². The molecule has 0 aromatic heterocycles. The topological polar surface area (TPSA) is 66.4 Å². The maximum atomic E-state index is 10.3. The van der Waals surface area contributed by atoms with Crippen molar-refractivity contribution in [1.82, 2.24) is 5.32 Å². The second-order valence-electron chi connectivity index (χ2n) is 2.77. The fraction of sp³-hybridized carbons (Fsp3) is 0.857. The molecule has 0 spiro atoms. The van der Waals surface area contributed by atoms with E-state index >= 15 is 0 Å². The van der Waals surface area contributed by atoms with Gasteiger partial charge in [0.2, 0.25) is 0 Å². The SMILES string of the molecule is CSC(=S)NCCCCCS(=O)(=O)O.[H-].[K+]. The van der Waals surface area contributed by atoms with Gasteiger partial charge >= 0.3 is 51.4 Å². The Balaban J connectivity index is -0.000000845. The molecule has 0 atom stereocenters. The molecule has 0 fully saturated rings. The van der Waals surface area contributed by atoms with Crippen LogP contribution in [0.25, 0.3) is 0 Å². The van der Waals surface area contributed by atoms with Gasteiger partial charge in [-0.25, -0.2) is 0 Å². The molecular formula is C7H16KNO3S3. The van der Waals surface area contributed by atoms with Gasteiger partial charge in [0.1, 0.15) is 4.32 Å². The average molecular weight is 298 g/mol. The average Bonchev–Trinajstić information content (AvgIpc) is 2.08.